The minimum Gasteiger partial charge on any atom is -0.480 e. The van der Waals surface area contributed by atoms with E-state index in [1.165, 1.54) is 30.1 Å². The molecule has 0 aliphatic heterocycles. The number of nitrogens with one attached hydrogen (secondary N) is 1. The summed E-state index contributed by atoms with van der Waals surface area (Å²) in [6, 6.07) is 0.830. The van der Waals surface area contributed by atoms with Crippen LogP contribution < -0.4 is 5.32 Å². The predicted octanol–water partition coefficient (Wildman–Crippen LogP) is 2.24. The van der Waals surface area contributed by atoms with Gasteiger partial charge < -0.3 is 14.8 Å². The third kappa shape index (κ3) is 3.05. The maximum atomic E-state index is 12.0. The maximum Gasteiger partial charge on any atom is 0.326 e. The third-order valence-electron chi connectivity index (χ3n) is 2.72. The lowest BCUT2D eigenvalue weighted by Gasteiger charge is -2.16. The van der Waals surface area contributed by atoms with E-state index in [0.717, 1.165) is 5.56 Å². The van der Waals surface area contributed by atoms with Crippen molar-refractivity contribution in [3.05, 3.63) is 29.7 Å². The lowest BCUT2D eigenvalue weighted by Crippen LogP contribution is -2.44. The lowest BCUT2D eigenvalue weighted by molar-refractivity contribution is -0.140. The summed E-state index contributed by atoms with van der Waals surface area (Å²) < 4.78 is 4.95. The molecule has 106 valence electrons. The summed E-state index contributed by atoms with van der Waals surface area (Å²) in [5.41, 5.74) is 0.785. The first-order valence-corrected chi connectivity index (χ1v) is 6.82. The minimum absolute atomic E-state index is 0.197. The molecule has 0 radical (unpaired) electrons. The van der Waals surface area contributed by atoms with Crippen molar-refractivity contribution >= 4 is 23.2 Å². The second kappa shape index (κ2) is 5.87. The second-order valence-corrected chi connectivity index (χ2v) is 5.61. The fraction of sp³-hybridized carbons (Fsp3) is 0.308. The molecule has 2 aromatic heterocycles. The summed E-state index contributed by atoms with van der Waals surface area (Å²) in [5, 5.41) is 12.2. The van der Waals surface area contributed by atoms with Crippen LogP contribution in [0.1, 0.15) is 23.5 Å². The standard InChI is InChI=1S/C13H14N2O4S/c1-7(2)10(13(17)18)15-11(16)9-5-14-12(20-9)8-3-4-19-6-8/h3-7,10H,1-2H3,(H,15,16)(H,17,18). The fourth-order valence-corrected chi connectivity index (χ4v) is 2.43. The van der Waals surface area contributed by atoms with Crippen LogP contribution in [0.4, 0.5) is 0 Å². The van der Waals surface area contributed by atoms with E-state index in [1.807, 2.05) is 0 Å². The van der Waals surface area contributed by atoms with Crippen molar-refractivity contribution in [2.45, 2.75) is 19.9 Å². The maximum absolute atomic E-state index is 12.0. The molecule has 0 aromatic carbocycles. The zero-order chi connectivity index (χ0) is 14.7. The number of amides is 1. The van der Waals surface area contributed by atoms with Gasteiger partial charge in [0.1, 0.15) is 22.2 Å². The number of carbonyl (C=O) groups excluding carboxylic acids is 1. The van der Waals surface area contributed by atoms with Crippen LogP contribution in [0.5, 0.6) is 0 Å². The molecule has 0 spiro atoms. The van der Waals surface area contributed by atoms with Gasteiger partial charge in [-0.2, -0.15) is 0 Å². The van der Waals surface area contributed by atoms with Crippen molar-refractivity contribution in [3.8, 4) is 10.6 Å². The number of carboxylic acid groups (broad SMARTS) is 1. The van der Waals surface area contributed by atoms with E-state index in [-0.39, 0.29) is 5.92 Å². The summed E-state index contributed by atoms with van der Waals surface area (Å²) in [5.74, 6) is -1.68. The Balaban J connectivity index is 2.12. The van der Waals surface area contributed by atoms with Crippen LogP contribution in [-0.4, -0.2) is 28.0 Å². The Hall–Kier alpha value is -2.15. The molecule has 0 saturated heterocycles. The van der Waals surface area contributed by atoms with Crippen molar-refractivity contribution in [1.29, 1.82) is 0 Å². The summed E-state index contributed by atoms with van der Waals surface area (Å²) in [6.07, 6.45) is 4.49. The summed E-state index contributed by atoms with van der Waals surface area (Å²) in [6.45, 7) is 3.48. The Labute approximate surface area is 119 Å². The molecular formula is C13H14N2O4S. The van der Waals surface area contributed by atoms with Gasteiger partial charge in [0.05, 0.1) is 12.5 Å². The van der Waals surface area contributed by atoms with Gasteiger partial charge >= 0.3 is 5.97 Å². The van der Waals surface area contributed by atoms with E-state index in [0.29, 0.717) is 9.88 Å². The Morgan fingerprint density at radius 2 is 2.20 bits per heavy atom. The van der Waals surface area contributed by atoms with Crippen molar-refractivity contribution in [2.24, 2.45) is 5.92 Å². The molecule has 7 heteroatoms. The highest BCUT2D eigenvalue weighted by Crippen LogP contribution is 2.25. The zero-order valence-corrected chi connectivity index (χ0v) is 11.8. The van der Waals surface area contributed by atoms with Gasteiger partial charge in [-0.1, -0.05) is 13.8 Å². The van der Waals surface area contributed by atoms with E-state index in [1.54, 1.807) is 19.9 Å². The molecule has 0 aliphatic carbocycles. The molecule has 20 heavy (non-hydrogen) atoms. The first kappa shape index (κ1) is 14.3. The monoisotopic (exact) mass is 294 g/mol. The van der Waals surface area contributed by atoms with Crippen LogP contribution in [0, 0.1) is 5.92 Å². The highest BCUT2D eigenvalue weighted by molar-refractivity contribution is 7.16. The van der Waals surface area contributed by atoms with Crippen LogP contribution in [0.3, 0.4) is 0 Å². The van der Waals surface area contributed by atoms with Gasteiger partial charge in [0.15, 0.2) is 0 Å². The van der Waals surface area contributed by atoms with Crippen molar-refractivity contribution < 1.29 is 19.1 Å². The van der Waals surface area contributed by atoms with Crippen molar-refractivity contribution in [1.82, 2.24) is 10.3 Å². The summed E-state index contributed by atoms with van der Waals surface area (Å²) in [7, 11) is 0. The largest absolute Gasteiger partial charge is 0.480 e. The Morgan fingerprint density at radius 1 is 1.45 bits per heavy atom. The highest BCUT2D eigenvalue weighted by atomic mass is 32.1. The van der Waals surface area contributed by atoms with Crippen LogP contribution in [0.25, 0.3) is 10.6 Å². The normalized spacial score (nSPS) is 12.3. The average molecular weight is 294 g/mol. The predicted molar refractivity (Wildman–Crippen MR) is 73.5 cm³/mol. The number of nitrogens with zero attached hydrogens (tertiary/aromatic N) is 1. The molecular weight excluding hydrogens is 280 g/mol. The quantitative estimate of drug-likeness (QED) is 0.882. The van der Waals surface area contributed by atoms with Crippen LogP contribution in [0.2, 0.25) is 0 Å². The highest BCUT2D eigenvalue weighted by Gasteiger charge is 2.24. The van der Waals surface area contributed by atoms with Gasteiger partial charge in [-0.15, -0.1) is 11.3 Å². The number of rotatable bonds is 5. The smallest absolute Gasteiger partial charge is 0.326 e. The van der Waals surface area contributed by atoms with E-state index in [9.17, 15) is 9.59 Å². The number of hydrogen-bond acceptors (Lipinski definition) is 5. The van der Waals surface area contributed by atoms with Gasteiger partial charge in [-0.25, -0.2) is 9.78 Å². The van der Waals surface area contributed by atoms with Gasteiger partial charge in [-0.3, -0.25) is 4.79 Å². The van der Waals surface area contributed by atoms with Gasteiger partial charge in [0.25, 0.3) is 5.91 Å². The molecule has 2 aromatic rings. The topological polar surface area (TPSA) is 92.4 Å². The molecule has 2 rings (SSSR count). The molecule has 2 N–H and O–H groups in total. The third-order valence-corrected chi connectivity index (χ3v) is 3.76. The van der Waals surface area contributed by atoms with E-state index < -0.39 is 17.9 Å². The number of carbonyl (C=O) groups is 2. The average Bonchev–Trinajstić information content (AvgIpc) is 3.04. The minimum atomic E-state index is -1.05. The number of carboxylic acids is 1. The summed E-state index contributed by atoms with van der Waals surface area (Å²) >= 11 is 1.19. The Bertz CT molecular complexity index is 604. The molecule has 6 nitrogen and oxygen atoms in total. The van der Waals surface area contributed by atoms with Crippen LogP contribution in [0.15, 0.2) is 29.2 Å². The molecule has 0 saturated carbocycles. The Morgan fingerprint density at radius 3 is 2.75 bits per heavy atom. The number of aliphatic carboxylic acids is 1. The van der Waals surface area contributed by atoms with Crippen molar-refractivity contribution in [3.63, 3.8) is 0 Å². The van der Waals surface area contributed by atoms with E-state index >= 15 is 0 Å². The van der Waals surface area contributed by atoms with Gasteiger partial charge in [0.2, 0.25) is 0 Å². The first-order valence-electron chi connectivity index (χ1n) is 6.01. The van der Waals surface area contributed by atoms with Crippen LogP contribution in [-0.2, 0) is 4.79 Å². The molecule has 1 unspecified atom stereocenters. The molecule has 0 aliphatic rings. The van der Waals surface area contributed by atoms with Crippen LogP contribution >= 0.6 is 11.3 Å². The number of aromatic nitrogens is 1. The fourth-order valence-electron chi connectivity index (χ4n) is 1.62. The number of hydrogen-bond donors (Lipinski definition) is 2. The SMILES string of the molecule is CC(C)C(NC(=O)c1cnc(-c2ccoc2)s1)C(=O)O. The first-order chi connectivity index (χ1) is 9.49. The molecule has 0 fully saturated rings. The summed E-state index contributed by atoms with van der Waals surface area (Å²) in [4.78, 5) is 27.6. The molecule has 1 atom stereocenters. The number of thiazole rings is 1. The zero-order valence-electron chi connectivity index (χ0n) is 11.0. The van der Waals surface area contributed by atoms with Gasteiger partial charge in [-0.05, 0) is 12.0 Å². The Kier molecular flexibility index (Phi) is 4.19. The number of furan rings is 1. The molecule has 1 amide bonds. The molecule has 2 heterocycles. The van der Waals surface area contributed by atoms with E-state index in [2.05, 4.69) is 10.3 Å². The second-order valence-electron chi connectivity index (χ2n) is 4.58. The van der Waals surface area contributed by atoms with Crippen molar-refractivity contribution in [2.75, 3.05) is 0 Å². The van der Waals surface area contributed by atoms with Gasteiger partial charge in [0, 0.05) is 5.56 Å². The lowest BCUT2D eigenvalue weighted by atomic mass is 10.0. The molecule has 0 bridgehead atoms. The van der Waals surface area contributed by atoms with E-state index in [4.69, 9.17) is 9.52 Å².